The van der Waals surface area contributed by atoms with Crippen molar-refractivity contribution in [2.75, 3.05) is 61.1 Å². The van der Waals surface area contributed by atoms with E-state index in [0.717, 1.165) is 0 Å². The Morgan fingerprint density at radius 2 is 1.68 bits per heavy atom. The Morgan fingerprint density at radius 1 is 1.09 bits per heavy atom. The lowest BCUT2D eigenvalue weighted by atomic mass is 10.5. The first-order chi connectivity index (χ1) is 10.1. The quantitative estimate of drug-likeness (QED) is 0.305. The molecule has 130 valence electrons. The number of nitrogens with one attached hydrogen (secondary N) is 2. The molecular weight excluding hydrogens is 313 g/mol. The zero-order valence-corrected chi connectivity index (χ0v) is 14.8. The molecule has 0 heterocycles. The van der Waals surface area contributed by atoms with Crippen LogP contribution in [0.25, 0.3) is 0 Å². The maximum absolute atomic E-state index is 12.1. The summed E-state index contributed by atoms with van der Waals surface area (Å²) in [5.41, 5.74) is 0. The van der Waals surface area contributed by atoms with Gasteiger partial charge in [0, 0.05) is 27.1 Å². The predicted molar refractivity (Wildman–Crippen MR) is 81.1 cm³/mol. The summed E-state index contributed by atoms with van der Waals surface area (Å²) < 4.78 is 27.5. The van der Waals surface area contributed by atoms with E-state index in [0.29, 0.717) is 17.6 Å². The fourth-order valence-corrected chi connectivity index (χ4v) is 2.06. The number of hydrogen-bond acceptors (Lipinski definition) is 6. The zero-order valence-electron chi connectivity index (χ0n) is 13.9. The number of carbonyl (C=O) groups is 2. The van der Waals surface area contributed by atoms with Crippen LogP contribution < -0.4 is 10.6 Å². The molecule has 2 N–H and O–H groups in total. The molecule has 0 aromatic heterocycles. The van der Waals surface area contributed by atoms with Gasteiger partial charge in [0.25, 0.3) is 0 Å². The second kappa shape index (κ2) is 9.91. The van der Waals surface area contributed by atoms with Gasteiger partial charge in [0.1, 0.15) is 19.8 Å². The van der Waals surface area contributed by atoms with Crippen LogP contribution in [0.3, 0.4) is 0 Å². The van der Waals surface area contributed by atoms with Crippen molar-refractivity contribution >= 4 is 19.6 Å². The third kappa shape index (κ3) is 11.6. The maximum Gasteiger partial charge on any atom is 0.475 e. The highest BCUT2D eigenvalue weighted by Gasteiger charge is 2.27. The van der Waals surface area contributed by atoms with E-state index in [1.165, 1.54) is 14.0 Å². The summed E-state index contributed by atoms with van der Waals surface area (Å²) in [6.45, 7) is 2.28. The summed E-state index contributed by atoms with van der Waals surface area (Å²) in [6, 6.07) is 0. The number of likely N-dealkylation sites (N-methyl/N-ethyl adjacent to an activating group) is 1. The van der Waals surface area contributed by atoms with E-state index in [-0.39, 0.29) is 19.1 Å². The third-order valence-corrected chi connectivity index (χ3v) is 3.80. The largest absolute Gasteiger partial charge is 0.475 e. The number of hydrogen-bond donors (Lipinski definition) is 2. The molecule has 0 fully saturated rings. The van der Waals surface area contributed by atoms with Crippen LogP contribution in [0, 0.1) is 0 Å². The number of nitrogens with zero attached hydrogens (tertiary/aromatic N) is 1. The van der Waals surface area contributed by atoms with Crippen molar-refractivity contribution in [1.29, 1.82) is 0 Å². The molecule has 10 heteroatoms. The van der Waals surface area contributed by atoms with Gasteiger partial charge >= 0.3 is 7.82 Å². The van der Waals surface area contributed by atoms with Crippen LogP contribution in [0.1, 0.15) is 6.92 Å². The smallest absolute Gasteiger partial charge is 0.355 e. The Balaban J connectivity index is 4.03. The Bertz CT molecular complexity index is 410. The second-order valence-corrected chi connectivity index (χ2v) is 7.36. The van der Waals surface area contributed by atoms with Gasteiger partial charge < -0.3 is 15.1 Å². The van der Waals surface area contributed by atoms with Crippen LogP contribution >= 0.6 is 7.82 Å². The minimum atomic E-state index is -3.74. The molecule has 0 aliphatic carbocycles. The van der Waals surface area contributed by atoms with Crippen molar-refractivity contribution in [2.45, 2.75) is 6.92 Å². The molecule has 1 atom stereocenters. The summed E-state index contributed by atoms with van der Waals surface area (Å²) in [5.74, 6) is -0.655. The van der Waals surface area contributed by atoms with E-state index < -0.39 is 20.3 Å². The molecular formula is C12H27N3O6P+. The molecule has 0 radical (unpaired) electrons. The van der Waals surface area contributed by atoms with E-state index >= 15 is 0 Å². The molecule has 0 aliphatic heterocycles. The molecule has 22 heavy (non-hydrogen) atoms. The van der Waals surface area contributed by atoms with Crippen molar-refractivity contribution in [3.8, 4) is 0 Å². The van der Waals surface area contributed by atoms with Crippen LogP contribution in [-0.4, -0.2) is 77.4 Å². The fourth-order valence-electron chi connectivity index (χ4n) is 1.20. The molecule has 0 bridgehead atoms. The van der Waals surface area contributed by atoms with E-state index in [9.17, 15) is 14.2 Å². The van der Waals surface area contributed by atoms with Crippen LogP contribution in [0.2, 0.25) is 0 Å². The molecule has 0 aromatic carbocycles. The lowest BCUT2D eigenvalue weighted by Gasteiger charge is -2.24. The maximum atomic E-state index is 12.1. The van der Waals surface area contributed by atoms with Crippen molar-refractivity contribution < 1.29 is 32.2 Å². The van der Waals surface area contributed by atoms with Crippen LogP contribution in [0.4, 0.5) is 0 Å². The summed E-state index contributed by atoms with van der Waals surface area (Å²) in [6.07, 6.45) is 0. The monoisotopic (exact) mass is 340 g/mol. The Hall–Kier alpha value is -0.990. The molecule has 0 rings (SSSR count). The van der Waals surface area contributed by atoms with Crippen molar-refractivity contribution in [1.82, 2.24) is 10.6 Å². The Labute approximate surface area is 131 Å². The predicted octanol–water partition coefficient (Wildman–Crippen LogP) is -0.267. The third-order valence-electron chi connectivity index (χ3n) is 2.41. The fraction of sp³-hybridized carbons (Fsp3) is 0.833. The molecule has 0 saturated heterocycles. The first-order valence-electron chi connectivity index (χ1n) is 6.84. The molecule has 1 unspecified atom stereocenters. The van der Waals surface area contributed by atoms with Crippen molar-refractivity contribution in [3.05, 3.63) is 0 Å². The standard InChI is InChI=1S/C12H26N3O6P/c1-11(16)13-6-7-14-12(17)10-21-22(18,19-5)20-9-8-15(2,3)4/h6-10H2,1-5H3,(H-,13,14,16,17)/p+1. The minimum absolute atomic E-state index is 0.179. The SMILES string of the molecule is COP(=O)(OCC[N+](C)(C)C)OCC(=O)NCCNC(C)=O. The van der Waals surface area contributed by atoms with E-state index in [1.807, 2.05) is 21.1 Å². The minimum Gasteiger partial charge on any atom is -0.355 e. The van der Waals surface area contributed by atoms with Gasteiger partial charge in [0.15, 0.2) is 0 Å². The summed E-state index contributed by atoms with van der Waals surface area (Å²) >= 11 is 0. The summed E-state index contributed by atoms with van der Waals surface area (Å²) in [5, 5.41) is 5.03. The summed E-state index contributed by atoms with van der Waals surface area (Å²) in [4.78, 5) is 22.1. The molecule has 0 aromatic rings. The van der Waals surface area contributed by atoms with Crippen molar-refractivity contribution in [3.63, 3.8) is 0 Å². The van der Waals surface area contributed by atoms with Gasteiger partial charge in [0.2, 0.25) is 11.8 Å². The number of phosphoric acid groups is 1. The number of carbonyl (C=O) groups excluding carboxylic acids is 2. The van der Waals surface area contributed by atoms with Crippen molar-refractivity contribution in [2.24, 2.45) is 0 Å². The van der Waals surface area contributed by atoms with Gasteiger partial charge in [0.05, 0.1) is 21.1 Å². The van der Waals surface area contributed by atoms with E-state index in [1.54, 1.807) is 0 Å². The van der Waals surface area contributed by atoms with Crippen LogP contribution in [0.15, 0.2) is 0 Å². The Morgan fingerprint density at radius 3 is 2.18 bits per heavy atom. The number of rotatable bonds is 11. The van der Waals surface area contributed by atoms with Gasteiger partial charge in [-0.1, -0.05) is 0 Å². The second-order valence-electron chi connectivity index (χ2n) is 5.58. The van der Waals surface area contributed by atoms with Gasteiger partial charge in [-0.05, 0) is 0 Å². The molecule has 9 nitrogen and oxygen atoms in total. The lowest BCUT2D eigenvalue weighted by Crippen LogP contribution is -2.37. The highest BCUT2D eigenvalue weighted by atomic mass is 31.2. The average molecular weight is 340 g/mol. The highest BCUT2D eigenvalue weighted by molar-refractivity contribution is 7.48. The van der Waals surface area contributed by atoms with Gasteiger partial charge in [-0.25, -0.2) is 4.57 Å². The molecule has 0 spiro atoms. The van der Waals surface area contributed by atoms with E-state index in [4.69, 9.17) is 13.6 Å². The number of phosphoric ester groups is 1. The zero-order chi connectivity index (χ0) is 17.2. The lowest BCUT2D eigenvalue weighted by molar-refractivity contribution is -0.870. The number of amides is 2. The Kier molecular flexibility index (Phi) is 9.47. The average Bonchev–Trinajstić information content (AvgIpc) is 2.40. The topological polar surface area (TPSA) is 103 Å². The molecule has 0 aliphatic rings. The molecule has 0 saturated carbocycles. The summed E-state index contributed by atoms with van der Waals surface area (Å²) in [7, 11) is 3.35. The molecule has 2 amide bonds. The first-order valence-corrected chi connectivity index (χ1v) is 8.30. The van der Waals surface area contributed by atoms with Gasteiger partial charge in [-0.3, -0.25) is 23.2 Å². The number of quaternary nitrogens is 1. The van der Waals surface area contributed by atoms with Crippen LogP contribution in [-0.2, 0) is 27.7 Å². The first kappa shape index (κ1) is 21.0. The van der Waals surface area contributed by atoms with Gasteiger partial charge in [-0.15, -0.1) is 0 Å². The van der Waals surface area contributed by atoms with Gasteiger partial charge in [-0.2, -0.15) is 0 Å². The van der Waals surface area contributed by atoms with Crippen LogP contribution in [0.5, 0.6) is 0 Å². The highest BCUT2D eigenvalue weighted by Crippen LogP contribution is 2.48. The normalized spacial score (nSPS) is 14.2. The van der Waals surface area contributed by atoms with E-state index in [2.05, 4.69) is 10.6 Å².